The molecule has 0 saturated carbocycles. The van der Waals surface area contributed by atoms with E-state index in [2.05, 4.69) is 13.2 Å². The minimum absolute atomic E-state index is 0.128. The number of carbonyl (C=O) groups is 1. The smallest absolute Gasteiger partial charge is 0.437 e. The van der Waals surface area contributed by atoms with Crippen molar-refractivity contribution in [2.75, 3.05) is 25.1 Å². The topological polar surface area (TPSA) is 119 Å². The van der Waals surface area contributed by atoms with Crippen molar-refractivity contribution in [2.24, 2.45) is 0 Å². The molecular weight excluding hydrogens is 738 g/mol. The minimum Gasteiger partial charge on any atom is -0.488 e. The van der Waals surface area contributed by atoms with Crippen molar-refractivity contribution in [3.05, 3.63) is 171 Å². The minimum atomic E-state index is -5.09. The molecule has 1 unspecified atom stereocenters. The van der Waals surface area contributed by atoms with Crippen LogP contribution in [-0.2, 0) is 26.5 Å². The predicted octanol–water partition coefficient (Wildman–Crippen LogP) is 9.84. The molecule has 8 nitrogen and oxygen atoms in total. The van der Waals surface area contributed by atoms with E-state index in [0.717, 1.165) is 27.8 Å². The summed E-state index contributed by atoms with van der Waals surface area (Å²) in [7, 11) is 1.86. The Kier molecular flexibility index (Phi) is 12.8. The highest BCUT2D eigenvalue weighted by Crippen LogP contribution is 2.56. The van der Waals surface area contributed by atoms with Gasteiger partial charge in [0.1, 0.15) is 42.7 Å². The van der Waals surface area contributed by atoms with Crippen LogP contribution in [0.25, 0.3) is 18.2 Å². The Morgan fingerprint density at radius 1 is 0.929 bits per heavy atom. The Labute approximate surface area is 326 Å². The molecule has 4 aromatic rings. The second kappa shape index (κ2) is 17.8. The number of esters is 1. The molecule has 0 amide bonds. The van der Waals surface area contributed by atoms with Crippen LogP contribution in [0.1, 0.15) is 26.4 Å². The van der Waals surface area contributed by atoms with Crippen LogP contribution in [0, 0.1) is 34.0 Å². The second-order valence-electron chi connectivity index (χ2n) is 12.2. The second-order valence-corrected chi connectivity index (χ2v) is 13.3. The molecule has 0 saturated heterocycles. The third kappa shape index (κ3) is 8.82. The lowest BCUT2D eigenvalue weighted by molar-refractivity contribution is -0.249. The van der Waals surface area contributed by atoms with E-state index in [1.165, 1.54) is 53.8 Å². The van der Waals surface area contributed by atoms with Crippen molar-refractivity contribution in [1.82, 2.24) is 0 Å². The summed E-state index contributed by atoms with van der Waals surface area (Å²) < 4.78 is 62.4. The van der Waals surface area contributed by atoms with Gasteiger partial charge in [-0.3, -0.25) is 0 Å². The summed E-state index contributed by atoms with van der Waals surface area (Å²) in [5.74, 6) is -0.682. The number of ether oxygens (including phenoxy) is 3. The summed E-state index contributed by atoms with van der Waals surface area (Å²) in [6.45, 7) is 7.96. The number of anilines is 1. The Hall–Kier alpha value is -7.07. The number of allylic oxidation sites excluding steroid dienone is 2. The highest BCUT2D eigenvalue weighted by molar-refractivity contribution is 7.13. The molecule has 12 heteroatoms. The van der Waals surface area contributed by atoms with Gasteiger partial charge in [-0.25, -0.2) is 4.79 Å². The number of alkyl halides is 3. The molecule has 1 aliphatic rings. The number of hydrogen-bond donors (Lipinski definition) is 0. The zero-order chi connectivity index (χ0) is 40.3. The lowest BCUT2D eigenvalue weighted by atomic mass is 9.84. The number of hydrogen-bond acceptors (Lipinski definition) is 9. The fraction of sp³-hybridized carbons (Fsp3) is 0.136. The Morgan fingerprint density at radius 3 is 2.18 bits per heavy atom. The van der Waals surface area contributed by atoms with Crippen LogP contribution in [0.4, 0.5) is 18.9 Å². The first kappa shape index (κ1) is 40.1. The molecule has 280 valence electrons. The fourth-order valence-electron chi connectivity index (χ4n) is 5.66. The van der Waals surface area contributed by atoms with Gasteiger partial charge in [0.25, 0.3) is 5.60 Å². The number of benzene rings is 3. The van der Waals surface area contributed by atoms with E-state index in [1.807, 2.05) is 72.6 Å². The van der Waals surface area contributed by atoms with Crippen molar-refractivity contribution >= 4 is 41.2 Å². The van der Waals surface area contributed by atoms with Crippen molar-refractivity contribution in [1.29, 1.82) is 15.8 Å². The Balaban J connectivity index is 1.44. The van der Waals surface area contributed by atoms with Gasteiger partial charge in [-0.15, -0.1) is 11.3 Å². The number of nitriles is 3. The zero-order valence-electron chi connectivity index (χ0n) is 30.0. The van der Waals surface area contributed by atoms with Gasteiger partial charge < -0.3 is 19.1 Å². The van der Waals surface area contributed by atoms with Gasteiger partial charge in [0, 0.05) is 45.3 Å². The SMILES string of the molecule is C=CC(=C)C(=O)OCCN(C)c1ccc(/C=C/c2ccc(/C=C/C3=C(C#N)C(=C(C#N)C#N)OC3(c3ccccc3)C(F)(F)F)s2)c(OCc2ccccc2)c1. The van der Waals surface area contributed by atoms with Gasteiger partial charge in [0.15, 0.2) is 11.3 Å². The van der Waals surface area contributed by atoms with Crippen molar-refractivity contribution in [2.45, 2.75) is 18.4 Å². The third-order valence-electron chi connectivity index (χ3n) is 8.61. The van der Waals surface area contributed by atoms with Crippen LogP contribution in [0.3, 0.4) is 0 Å². The van der Waals surface area contributed by atoms with E-state index in [4.69, 9.17) is 14.2 Å². The normalized spacial score (nSPS) is 15.1. The summed E-state index contributed by atoms with van der Waals surface area (Å²) in [6, 6.07) is 30.5. The Bertz CT molecular complexity index is 2360. The van der Waals surface area contributed by atoms with Gasteiger partial charge >= 0.3 is 12.1 Å². The number of nitrogens with zero attached hydrogens (tertiary/aromatic N) is 4. The van der Waals surface area contributed by atoms with E-state index in [0.29, 0.717) is 23.8 Å². The monoisotopic (exact) mass is 770 g/mol. The highest BCUT2D eigenvalue weighted by Gasteiger charge is 2.65. The molecule has 5 rings (SSSR count). The van der Waals surface area contributed by atoms with Gasteiger partial charge in [-0.2, -0.15) is 29.0 Å². The van der Waals surface area contributed by atoms with E-state index in [9.17, 15) is 20.6 Å². The molecular formula is C44H33F3N4O4S. The van der Waals surface area contributed by atoms with Crippen LogP contribution < -0.4 is 9.64 Å². The third-order valence-corrected chi connectivity index (χ3v) is 9.62. The summed E-state index contributed by atoms with van der Waals surface area (Å²) in [5.41, 5.74) is -2.61. The summed E-state index contributed by atoms with van der Waals surface area (Å²) >= 11 is 1.28. The quantitative estimate of drug-likeness (QED) is 0.0538. The van der Waals surface area contributed by atoms with Crippen LogP contribution in [0.15, 0.2) is 144 Å². The molecule has 0 N–H and O–H groups in total. The molecule has 56 heavy (non-hydrogen) atoms. The molecule has 1 aromatic heterocycles. The predicted molar refractivity (Wildman–Crippen MR) is 209 cm³/mol. The number of halogens is 3. The summed E-state index contributed by atoms with van der Waals surface area (Å²) in [5, 5.41) is 29.1. The maximum absolute atomic E-state index is 15.1. The first-order chi connectivity index (χ1) is 26.9. The molecule has 2 heterocycles. The van der Waals surface area contributed by atoms with E-state index >= 15 is 13.2 Å². The number of rotatable bonds is 14. The summed E-state index contributed by atoms with van der Waals surface area (Å²) in [4.78, 5) is 15.2. The average Bonchev–Trinajstić information content (AvgIpc) is 3.81. The molecule has 1 atom stereocenters. The maximum Gasteiger partial charge on any atom is 0.437 e. The first-order valence-corrected chi connectivity index (χ1v) is 17.7. The van der Waals surface area contributed by atoms with E-state index in [-0.39, 0.29) is 17.7 Å². The molecule has 1 aliphatic heterocycles. The molecule has 0 aliphatic carbocycles. The first-order valence-electron chi connectivity index (χ1n) is 16.9. The number of likely N-dealkylation sites (N-methyl/N-ethyl adjacent to an activating group) is 1. The largest absolute Gasteiger partial charge is 0.488 e. The highest BCUT2D eigenvalue weighted by atomic mass is 32.1. The van der Waals surface area contributed by atoms with E-state index < -0.39 is 40.2 Å². The fourth-order valence-corrected chi connectivity index (χ4v) is 6.47. The zero-order valence-corrected chi connectivity index (χ0v) is 30.9. The molecule has 0 spiro atoms. The van der Waals surface area contributed by atoms with E-state index in [1.54, 1.807) is 30.3 Å². The van der Waals surface area contributed by atoms with Crippen molar-refractivity contribution in [3.8, 4) is 24.0 Å². The van der Waals surface area contributed by atoms with Gasteiger partial charge in [0.2, 0.25) is 0 Å². The molecule has 0 fully saturated rings. The van der Waals surface area contributed by atoms with Crippen molar-refractivity contribution in [3.63, 3.8) is 0 Å². The number of thiophene rings is 1. The average molecular weight is 771 g/mol. The molecule has 0 bridgehead atoms. The van der Waals surface area contributed by atoms with Gasteiger partial charge in [-0.1, -0.05) is 86.0 Å². The lowest BCUT2D eigenvalue weighted by Crippen LogP contribution is -2.43. The molecule has 0 radical (unpaired) electrons. The van der Waals surface area contributed by atoms with Gasteiger partial charge in [-0.05, 0) is 48.1 Å². The van der Waals surface area contributed by atoms with Crippen molar-refractivity contribution < 1.29 is 32.2 Å². The molecule has 3 aromatic carbocycles. The maximum atomic E-state index is 15.1. The van der Waals surface area contributed by atoms with Crippen LogP contribution in [0.5, 0.6) is 5.75 Å². The van der Waals surface area contributed by atoms with Crippen LogP contribution in [0.2, 0.25) is 0 Å². The number of carbonyl (C=O) groups excluding carboxylic acids is 1. The Morgan fingerprint density at radius 2 is 1.57 bits per heavy atom. The van der Waals surface area contributed by atoms with Gasteiger partial charge in [0.05, 0.1) is 12.1 Å². The van der Waals surface area contributed by atoms with Crippen LogP contribution >= 0.6 is 11.3 Å². The standard InChI is InChI=1S/C44H33F3N4O4S/c1-4-30(2)42(52)53-24-23-51(3)35-17-15-32(40(25-35)54-29-31-11-7-5-8-12-31)16-18-36-19-20-37(56-36)21-22-39-38(28-50)41(33(26-48)27-49)55-43(39,44(45,46)47)34-13-9-6-10-14-34/h4-22,25H,1-2,23-24,29H2,3H3/b18-16+,22-21+. The van der Waals surface area contributed by atoms with Crippen LogP contribution in [-0.4, -0.2) is 32.3 Å². The summed E-state index contributed by atoms with van der Waals surface area (Å²) in [6.07, 6.45) is 2.54. The lowest BCUT2D eigenvalue weighted by Gasteiger charge is -2.33.